The Morgan fingerprint density at radius 3 is 2.69 bits per heavy atom. The molecule has 1 aromatic heterocycles. The van der Waals surface area contributed by atoms with Crippen LogP contribution < -0.4 is 10.1 Å². The Kier molecular flexibility index (Phi) is 7.34. The maximum absolute atomic E-state index is 14.4. The summed E-state index contributed by atoms with van der Waals surface area (Å²) < 4.78 is 58.2. The lowest BCUT2D eigenvalue weighted by Crippen LogP contribution is -2.38. The first-order valence-electron chi connectivity index (χ1n) is 9.98. The third-order valence-electron chi connectivity index (χ3n) is 5.08. The predicted octanol–water partition coefficient (Wildman–Crippen LogP) is 4.49. The zero-order chi connectivity index (χ0) is 23.3. The van der Waals surface area contributed by atoms with Crippen molar-refractivity contribution in [2.75, 3.05) is 32.1 Å². The van der Waals surface area contributed by atoms with Gasteiger partial charge in [-0.05, 0) is 48.6 Å². The quantitative estimate of drug-likeness (QED) is 0.632. The number of halogens is 4. The Morgan fingerprint density at radius 2 is 2.09 bits per heavy atom. The van der Waals surface area contributed by atoms with Gasteiger partial charge < -0.3 is 20.1 Å². The second-order valence-corrected chi connectivity index (χ2v) is 7.27. The molecule has 1 aliphatic rings. The average Bonchev–Trinajstić information content (AvgIpc) is 2.77. The van der Waals surface area contributed by atoms with E-state index in [0.717, 1.165) is 25.3 Å². The standard InChI is InChI=1S/C22H23F4N3O3/c1-32-19-12-16(4-5-17(19)22(24,25)26)28-21(31)29-8-6-15(7-9-29)20-18(23)11-14(13-27-20)3-2-10-30/h4-6,11-13,30H,2-3,7-10H2,1H3,(H,28,31). The molecule has 2 amide bonds. The number of anilines is 1. The van der Waals surface area contributed by atoms with Gasteiger partial charge in [-0.25, -0.2) is 9.18 Å². The Balaban J connectivity index is 1.65. The fourth-order valence-corrected chi connectivity index (χ4v) is 3.41. The number of hydrogen-bond donors (Lipinski definition) is 2. The van der Waals surface area contributed by atoms with Crippen LogP contribution in [0.1, 0.15) is 29.7 Å². The molecule has 6 nitrogen and oxygen atoms in total. The lowest BCUT2D eigenvalue weighted by molar-refractivity contribution is -0.138. The summed E-state index contributed by atoms with van der Waals surface area (Å²) in [4.78, 5) is 18.2. The van der Waals surface area contributed by atoms with Crippen molar-refractivity contribution in [1.29, 1.82) is 0 Å². The fourth-order valence-electron chi connectivity index (χ4n) is 3.41. The molecule has 10 heteroatoms. The molecule has 1 aromatic carbocycles. The summed E-state index contributed by atoms with van der Waals surface area (Å²) in [6, 6.07) is 4.03. The van der Waals surface area contributed by atoms with E-state index in [1.807, 2.05) is 0 Å². The molecule has 0 bridgehead atoms. The summed E-state index contributed by atoms with van der Waals surface area (Å²) >= 11 is 0. The Hall–Kier alpha value is -3.14. The van der Waals surface area contributed by atoms with E-state index in [2.05, 4.69) is 10.3 Å². The molecule has 0 spiro atoms. The first-order valence-corrected chi connectivity index (χ1v) is 9.98. The number of ether oxygens (including phenoxy) is 1. The first kappa shape index (κ1) is 23.5. The minimum Gasteiger partial charge on any atom is -0.496 e. The van der Waals surface area contributed by atoms with Gasteiger partial charge in [0.05, 0.1) is 12.7 Å². The zero-order valence-corrected chi connectivity index (χ0v) is 17.4. The van der Waals surface area contributed by atoms with Crippen molar-refractivity contribution in [1.82, 2.24) is 9.88 Å². The smallest absolute Gasteiger partial charge is 0.419 e. The number of rotatable bonds is 6. The summed E-state index contributed by atoms with van der Waals surface area (Å²) in [6.07, 6.45) is 0.146. The number of aliphatic hydroxyl groups excluding tert-OH is 1. The number of nitrogens with zero attached hydrogens (tertiary/aromatic N) is 2. The molecule has 3 rings (SSSR count). The van der Waals surface area contributed by atoms with E-state index >= 15 is 0 Å². The second kappa shape index (κ2) is 9.99. The molecule has 32 heavy (non-hydrogen) atoms. The molecule has 0 atom stereocenters. The van der Waals surface area contributed by atoms with E-state index in [4.69, 9.17) is 9.84 Å². The zero-order valence-electron chi connectivity index (χ0n) is 17.4. The molecule has 0 aliphatic carbocycles. The van der Waals surface area contributed by atoms with Gasteiger partial charge in [-0.15, -0.1) is 0 Å². The van der Waals surface area contributed by atoms with Crippen LogP contribution in [0.25, 0.3) is 5.57 Å². The number of benzene rings is 1. The molecule has 172 valence electrons. The van der Waals surface area contributed by atoms with Crippen molar-refractivity contribution in [3.63, 3.8) is 0 Å². The number of carbonyl (C=O) groups is 1. The average molecular weight is 453 g/mol. The molecule has 0 saturated carbocycles. The minimum atomic E-state index is -4.57. The molecular formula is C22H23F4N3O3. The number of pyridine rings is 1. The van der Waals surface area contributed by atoms with E-state index in [0.29, 0.717) is 36.9 Å². The van der Waals surface area contributed by atoms with Crippen LogP contribution in [-0.2, 0) is 12.6 Å². The van der Waals surface area contributed by atoms with Crippen LogP contribution in [0, 0.1) is 5.82 Å². The van der Waals surface area contributed by atoms with Gasteiger partial charge in [-0.3, -0.25) is 4.98 Å². The van der Waals surface area contributed by atoms with E-state index < -0.39 is 23.6 Å². The normalized spacial score (nSPS) is 14.2. The SMILES string of the molecule is COc1cc(NC(=O)N2CC=C(c3ncc(CCCO)cc3F)CC2)ccc1C(F)(F)F. The van der Waals surface area contributed by atoms with Crippen molar-refractivity contribution < 1.29 is 32.2 Å². The molecule has 2 aromatic rings. The Bertz CT molecular complexity index is 1010. The number of methoxy groups -OCH3 is 1. The molecule has 0 radical (unpaired) electrons. The third-order valence-corrected chi connectivity index (χ3v) is 5.08. The van der Waals surface area contributed by atoms with E-state index in [1.54, 1.807) is 12.3 Å². The molecule has 0 saturated heterocycles. The van der Waals surface area contributed by atoms with Crippen LogP contribution in [0.5, 0.6) is 5.75 Å². The molecule has 1 aliphatic heterocycles. The number of urea groups is 1. The van der Waals surface area contributed by atoms with Crippen LogP contribution >= 0.6 is 0 Å². The highest BCUT2D eigenvalue weighted by molar-refractivity contribution is 5.90. The lowest BCUT2D eigenvalue weighted by atomic mass is 10.0. The van der Waals surface area contributed by atoms with Crippen molar-refractivity contribution >= 4 is 17.3 Å². The minimum absolute atomic E-state index is 0.0195. The summed E-state index contributed by atoms with van der Waals surface area (Å²) in [7, 11) is 1.12. The van der Waals surface area contributed by atoms with E-state index in [9.17, 15) is 22.4 Å². The highest BCUT2D eigenvalue weighted by Gasteiger charge is 2.34. The summed E-state index contributed by atoms with van der Waals surface area (Å²) in [5.74, 6) is -0.846. The predicted molar refractivity (Wildman–Crippen MR) is 111 cm³/mol. The second-order valence-electron chi connectivity index (χ2n) is 7.27. The third kappa shape index (κ3) is 5.56. The van der Waals surface area contributed by atoms with Gasteiger partial charge in [0.1, 0.15) is 17.3 Å². The van der Waals surface area contributed by atoms with E-state index in [-0.39, 0.29) is 30.3 Å². The summed E-state index contributed by atoms with van der Waals surface area (Å²) in [5, 5.41) is 11.4. The van der Waals surface area contributed by atoms with Crippen molar-refractivity contribution in [2.24, 2.45) is 0 Å². The van der Waals surface area contributed by atoms with Gasteiger partial charge in [0, 0.05) is 37.6 Å². The van der Waals surface area contributed by atoms with Crippen molar-refractivity contribution in [3.8, 4) is 5.75 Å². The number of hydrogen-bond acceptors (Lipinski definition) is 4. The molecule has 2 N–H and O–H groups in total. The highest BCUT2D eigenvalue weighted by atomic mass is 19.4. The van der Waals surface area contributed by atoms with Gasteiger partial charge in [-0.1, -0.05) is 6.08 Å². The van der Waals surface area contributed by atoms with Gasteiger partial charge >= 0.3 is 12.2 Å². The van der Waals surface area contributed by atoms with Crippen molar-refractivity contribution in [3.05, 3.63) is 59.2 Å². The number of nitrogens with one attached hydrogen (secondary N) is 1. The topological polar surface area (TPSA) is 74.7 Å². The Morgan fingerprint density at radius 1 is 1.31 bits per heavy atom. The molecular weight excluding hydrogens is 430 g/mol. The largest absolute Gasteiger partial charge is 0.496 e. The maximum atomic E-state index is 14.4. The number of amides is 2. The van der Waals surface area contributed by atoms with Crippen LogP contribution in [0.3, 0.4) is 0 Å². The number of aliphatic hydroxyl groups is 1. The van der Waals surface area contributed by atoms with Gasteiger partial charge in [-0.2, -0.15) is 13.2 Å². The van der Waals surface area contributed by atoms with Crippen LogP contribution in [0.4, 0.5) is 28.0 Å². The maximum Gasteiger partial charge on any atom is 0.419 e. The highest BCUT2D eigenvalue weighted by Crippen LogP contribution is 2.37. The van der Waals surface area contributed by atoms with Crippen molar-refractivity contribution in [2.45, 2.75) is 25.4 Å². The Labute approximate surface area is 182 Å². The van der Waals surface area contributed by atoms with Gasteiger partial charge in [0.2, 0.25) is 0 Å². The fraction of sp³-hybridized carbons (Fsp3) is 0.364. The van der Waals surface area contributed by atoms with Gasteiger partial charge in [0.25, 0.3) is 0 Å². The summed E-state index contributed by atoms with van der Waals surface area (Å²) in [5.41, 5.74) is 0.840. The molecule has 0 fully saturated rings. The number of aromatic nitrogens is 1. The van der Waals surface area contributed by atoms with Crippen LogP contribution in [-0.4, -0.2) is 47.8 Å². The number of carbonyl (C=O) groups excluding carboxylic acids is 1. The van der Waals surface area contributed by atoms with E-state index in [1.165, 1.54) is 11.0 Å². The summed E-state index contributed by atoms with van der Waals surface area (Å²) in [6.45, 7) is 0.515. The van der Waals surface area contributed by atoms with Crippen LogP contribution in [0.2, 0.25) is 0 Å². The van der Waals surface area contributed by atoms with Crippen LogP contribution in [0.15, 0.2) is 36.5 Å². The molecule has 0 unspecified atom stereocenters. The number of alkyl halides is 3. The monoisotopic (exact) mass is 453 g/mol. The number of aryl methyl sites for hydroxylation is 1. The first-order chi connectivity index (χ1) is 15.2. The lowest BCUT2D eigenvalue weighted by Gasteiger charge is -2.27. The van der Waals surface area contributed by atoms with Gasteiger partial charge in [0.15, 0.2) is 0 Å². The molecule has 2 heterocycles.